The van der Waals surface area contributed by atoms with Crippen LogP contribution in [0.3, 0.4) is 0 Å². The van der Waals surface area contributed by atoms with E-state index in [1.165, 1.54) is 12.1 Å². The molecule has 2 aromatic rings. The molecule has 0 saturated heterocycles. The largest absolute Gasteiger partial charge is 0.399 e. The molecule has 0 saturated carbocycles. The molecule has 0 fully saturated rings. The fourth-order valence-electron chi connectivity index (χ4n) is 1.82. The van der Waals surface area contributed by atoms with Crippen molar-refractivity contribution in [2.45, 2.75) is 12.8 Å². The van der Waals surface area contributed by atoms with Crippen LogP contribution in [0.5, 0.6) is 0 Å². The van der Waals surface area contributed by atoms with Gasteiger partial charge in [0.15, 0.2) is 0 Å². The second-order valence-electron chi connectivity index (χ2n) is 4.37. The lowest BCUT2D eigenvalue weighted by atomic mass is 10.0. The van der Waals surface area contributed by atoms with Crippen LogP contribution in [0.15, 0.2) is 46.9 Å². The molecule has 0 radical (unpaired) electrons. The molecule has 0 aromatic heterocycles. The van der Waals surface area contributed by atoms with Crippen molar-refractivity contribution in [3.63, 3.8) is 0 Å². The zero-order valence-corrected chi connectivity index (χ0v) is 11.8. The summed E-state index contributed by atoms with van der Waals surface area (Å²) in [5.41, 5.74) is 7.83. The van der Waals surface area contributed by atoms with E-state index in [2.05, 4.69) is 15.9 Å². The lowest BCUT2D eigenvalue weighted by Crippen LogP contribution is -2.07. The number of carbonyl (C=O) groups is 1. The van der Waals surface area contributed by atoms with Crippen molar-refractivity contribution in [3.05, 3.63) is 63.9 Å². The molecule has 2 aromatic carbocycles. The van der Waals surface area contributed by atoms with Crippen LogP contribution in [0.4, 0.5) is 10.1 Å². The average molecular weight is 322 g/mol. The molecule has 0 unspecified atom stereocenters. The van der Waals surface area contributed by atoms with Crippen LogP contribution in [0.1, 0.15) is 11.1 Å². The maximum absolute atomic E-state index is 13.1. The van der Waals surface area contributed by atoms with Gasteiger partial charge in [0, 0.05) is 23.0 Å². The zero-order chi connectivity index (χ0) is 13.8. The first-order chi connectivity index (χ1) is 9.04. The smallest absolute Gasteiger partial charge is 0.141 e. The van der Waals surface area contributed by atoms with Gasteiger partial charge in [-0.15, -0.1) is 0 Å². The SMILES string of the molecule is Nc1ccc(CC(=O)Cc2cc(F)ccc2Br)cc1. The lowest BCUT2D eigenvalue weighted by molar-refractivity contribution is -0.117. The summed E-state index contributed by atoms with van der Waals surface area (Å²) < 4.78 is 13.9. The number of benzene rings is 2. The highest BCUT2D eigenvalue weighted by Crippen LogP contribution is 2.19. The van der Waals surface area contributed by atoms with Crippen molar-refractivity contribution in [1.29, 1.82) is 0 Å². The van der Waals surface area contributed by atoms with Crippen LogP contribution in [0.25, 0.3) is 0 Å². The molecule has 4 heteroatoms. The van der Waals surface area contributed by atoms with E-state index in [0.717, 1.165) is 10.0 Å². The van der Waals surface area contributed by atoms with Crippen LogP contribution < -0.4 is 5.73 Å². The number of hydrogen-bond donors (Lipinski definition) is 1. The highest BCUT2D eigenvalue weighted by molar-refractivity contribution is 9.10. The number of rotatable bonds is 4. The number of halogens is 2. The lowest BCUT2D eigenvalue weighted by Gasteiger charge is -2.05. The number of hydrogen-bond acceptors (Lipinski definition) is 2. The average Bonchev–Trinajstić information content (AvgIpc) is 2.37. The highest BCUT2D eigenvalue weighted by Gasteiger charge is 2.09. The number of carbonyl (C=O) groups excluding carboxylic acids is 1. The van der Waals surface area contributed by atoms with Crippen molar-refractivity contribution in [2.75, 3.05) is 5.73 Å². The molecule has 0 heterocycles. The van der Waals surface area contributed by atoms with Crippen molar-refractivity contribution < 1.29 is 9.18 Å². The van der Waals surface area contributed by atoms with E-state index in [9.17, 15) is 9.18 Å². The number of ketones is 1. The zero-order valence-electron chi connectivity index (χ0n) is 10.2. The summed E-state index contributed by atoms with van der Waals surface area (Å²) in [4.78, 5) is 12.0. The van der Waals surface area contributed by atoms with E-state index in [1.807, 2.05) is 12.1 Å². The third kappa shape index (κ3) is 3.89. The topological polar surface area (TPSA) is 43.1 Å². The van der Waals surface area contributed by atoms with Crippen LogP contribution in [0.2, 0.25) is 0 Å². The number of nitrogens with two attached hydrogens (primary N) is 1. The van der Waals surface area contributed by atoms with E-state index >= 15 is 0 Å². The molecule has 2 nitrogen and oxygen atoms in total. The van der Waals surface area contributed by atoms with Gasteiger partial charge in [0.1, 0.15) is 11.6 Å². The molecule has 0 aliphatic rings. The molecule has 0 spiro atoms. The minimum Gasteiger partial charge on any atom is -0.399 e. The molecule has 0 aliphatic carbocycles. The third-order valence-electron chi connectivity index (χ3n) is 2.78. The normalized spacial score (nSPS) is 10.4. The molecule has 2 rings (SSSR count). The van der Waals surface area contributed by atoms with Gasteiger partial charge in [-0.3, -0.25) is 4.79 Å². The number of nitrogen functional groups attached to an aromatic ring is 1. The second-order valence-corrected chi connectivity index (χ2v) is 5.22. The standard InChI is InChI=1S/C15H13BrFNO/c16-15-6-3-12(17)8-11(15)9-14(19)7-10-1-4-13(18)5-2-10/h1-6,8H,7,9,18H2. The van der Waals surface area contributed by atoms with Crippen LogP contribution in [0, 0.1) is 5.82 Å². The molecule has 98 valence electrons. The van der Waals surface area contributed by atoms with E-state index < -0.39 is 0 Å². The predicted octanol–water partition coefficient (Wildman–Crippen LogP) is 3.52. The minimum absolute atomic E-state index is 0.0380. The molecular formula is C15H13BrFNO. The summed E-state index contributed by atoms with van der Waals surface area (Å²) in [5.74, 6) is -0.297. The molecule has 0 amide bonds. The van der Waals surface area contributed by atoms with Gasteiger partial charge in [-0.2, -0.15) is 0 Å². The third-order valence-corrected chi connectivity index (χ3v) is 3.55. The Hall–Kier alpha value is -1.68. The molecule has 0 atom stereocenters. The second kappa shape index (κ2) is 5.97. The van der Waals surface area contributed by atoms with E-state index in [1.54, 1.807) is 18.2 Å². The summed E-state index contributed by atoms with van der Waals surface area (Å²) in [6.07, 6.45) is 0.534. The maximum atomic E-state index is 13.1. The maximum Gasteiger partial charge on any atom is 0.141 e. The highest BCUT2D eigenvalue weighted by atomic mass is 79.9. The summed E-state index contributed by atoms with van der Waals surface area (Å²) in [5, 5.41) is 0. The molecule has 19 heavy (non-hydrogen) atoms. The van der Waals surface area contributed by atoms with Gasteiger partial charge in [-0.1, -0.05) is 28.1 Å². The fraction of sp³-hybridized carbons (Fsp3) is 0.133. The first-order valence-electron chi connectivity index (χ1n) is 5.84. The number of Topliss-reactive ketones (excluding diaryl/α,β-unsaturated/α-hetero) is 1. The Bertz CT molecular complexity index is 596. The van der Waals surface area contributed by atoms with Gasteiger partial charge < -0.3 is 5.73 Å². The Morgan fingerprint density at radius 1 is 1.11 bits per heavy atom. The van der Waals surface area contributed by atoms with Gasteiger partial charge in [-0.05, 0) is 41.5 Å². The van der Waals surface area contributed by atoms with Crippen LogP contribution in [-0.4, -0.2) is 5.78 Å². The van der Waals surface area contributed by atoms with Crippen molar-refractivity contribution in [1.82, 2.24) is 0 Å². The predicted molar refractivity (Wildman–Crippen MR) is 77.4 cm³/mol. The Kier molecular flexibility index (Phi) is 4.32. The summed E-state index contributed by atoms with van der Waals surface area (Å²) in [6.45, 7) is 0. The van der Waals surface area contributed by atoms with Crippen molar-refractivity contribution in [3.8, 4) is 0 Å². The van der Waals surface area contributed by atoms with Gasteiger partial charge in [0.25, 0.3) is 0 Å². The Morgan fingerprint density at radius 2 is 1.79 bits per heavy atom. The van der Waals surface area contributed by atoms with E-state index in [-0.39, 0.29) is 18.0 Å². The molecular weight excluding hydrogens is 309 g/mol. The van der Waals surface area contributed by atoms with Gasteiger partial charge in [0.2, 0.25) is 0 Å². The first kappa shape index (κ1) is 13.7. The van der Waals surface area contributed by atoms with Gasteiger partial charge >= 0.3 is 0 Å². The van der Waals surface area contributed by atoms with Gasteiger partial charge in [0.05, 0.1) is 0 Å². The summed E-state index contributed by atoms with van der Waals surface area (Å²) in [6, 6.07) is 11.5. The van der Waals surface area contributed by atoms with Gasteiger partial charge in [-0.25, -0.2) is 4.39 Å². The van der Waals surface area contributed by atoms with Crippen molar-refractivity contribution >= 4 is 27.4 Å². The minimum atomic E-state index is -0.335. The van der Waals surface area contributed by atoms with E-state index in [0.29, 0.717) is 17.7 Å². The molecule has 2 N–H and O–H groups in total. The Morgan fingerprint density at radius 3 is 2.47 bits per heavy atom. The fourth-order valence-corrected chi connectivity index (χ4v) is 2.20. The summed E-state index contributed by atoms with van der Waals surface area (Å²) >= 11 is 3.32. The van der Waals surface area contributed by atoms with Crippen LogP contribution >= 0.6 is 15.9 Å². The monoisotopic (exact) mass is 321 g/mol. The van der Waals surface area contributed by atoms with Crippen molar-refractivity contribution in [2.24, 2.45) is 0 Å². The quantitative estimate of drug-likeness (QED) is 0.875. The molecule has 0 bridgehead atoms. The summed E-state index contributed by atoms with van der Waals surface area (Å²) in [7, 11) is 0. The Labute approximate surface area is 119 Å². The van der Waals surface area contributed by atoms with E-state index in [4.69, 9.17) is 5.73 Å². The first-order valence-corrected chi connectivity index (χ1v) is 6.64. The Balaban J connectivity index is 2.05. The molecule has 0 aliphatic heterocycles. The number of anilines is 1. The van der Waals surface area contributed by atoms with Crippen LogP contribution in [-0.2, 0) is 17.6 Å².